The van der Waals surface area contributed by atoms with Gasteiger partial charge in [-0.3, -0.25) is 24.1 Å². The predicted molar refractivity (Wildman–Crippen MR) is 228 cm³/mol. The highest BCUT2D eigenvalue weighted by atomic mass is 32.2. The number of hydrogen-bond acceptors (Lipinski definition) is 15. The summed E-state index contributed by atoms with van der Waals surface area (Å²) in [6.07, 6.45) is 0. The van der Waals surface area contributed by atoms with Crippen LogP contribution < -0.4 is 20.1 Å². The number of amides is 2. The Hall–Kier alpha value is -7.31. The zero-order chi connectivity index (χ0) is 44.0. The van der Waals surface area contributed by atoms with Crippen molar-refractivity contribution in [2.75, 3.05) is 24.8 Å². The fourth-order valence-corrected chi connectivity index (χ4v) is 9.10. The number of carboxylic acids is 1. The molecule has 0 spiro atoms. The van der Waals surface area contributed by atoms with E-state index in [2.05, 4.69) is 15.8 Å². The summed E-state index contributed by atoms with van der Waals surface area (Å²) in [5, 5.41) is 21.8. The van der Waals surface area contributed by atoms with Crippen molar-refractivity contribution >= 4 is 69.6 Å². The minimum absolute atomic E-state index is 0.0337. The molecule has 2 aliphatic rings. The first-order valence-electron chi connectivity index (χ1n) is 18.8. The third-order valence-corrected chi connectivity index (χ3v) is 11.8. The molecule has 4 aromatic carbocycles. The van der Waals surface area contributed by atoms with Crippen molar-refractivity contribution in [3.8, 4) is 11.5 Å². The maximum Gasteiger partial charge on any atom is 0.352 e. The molecule has 5 aromatic rings. The number of ether oxygens (including phenoxy) is 3. The molecule has 3 N–H and O–H groups in total. The van der Waals surface area contributed by atoms with Crippen LogP contribution in [0, 0.1) is 0 Å². The summed E-state index contributed by atoms with van der Waals surface area (Å²) in [7, 11) is 1.27. The molecule has 1 aromatic heterocycles. The van der Waals surface area contributed by atoms with E-state index in [0.29, 0.717) is 5.13 Å². The monoisotopic (exact) mass is 875 g/mol. The lowest BCUT2D eigenvalue weighted by Crippen LogP contribution is -2.71. The number of nitrogens with one attached hydrogen (secondary N) is 2. The Morgan fingerprint density at radius 3 is 1.98 bits per heavy atom. The number of esters is 3. The SMILES string of the molecule is CON=C(C(=O)N[C@@H]1C(=O)N2C(C(=O)O)=C(COC(=O)c3ccc(OC(C)=O)c(OC(C)=O)c3)CS[C@H]12)c1csc(NC(c2ccccc2)(c2ccccc2)c2ccccc2)n1. The summed E-state index contributed by atoms with van der Waals surface area (Å²) in [5.41, 5.74) is 1.52. The Kier molecular flexibility index (Phi) is 12.8. The number of benzene rings is 4. The molecule has 62 heavy (non-hydrogen) atoms. The van der Waals surface area contributed by atoms with Gasteiger partial charge in [0.25, 0.3) is 11.8 Å². The predicted octanol–water partition coefficient (Wildman–Crippen LogP) is 5.34. The number of fused-ring (bicyclic) bond motifs is 1. The van der Waals surface area contributed by atoms with E-state index in [1.807, 2.05) is 91.0 Å². The smallest absolute Gasteiger partial charge is 0.352 e. The van der Waals surface area contributed by atoms with Crippen molar-refractivity contribution in [3.63, 3.8) is 0 Å². The van der Waals surface area contributed by atoms with Crippen LogP contribution in [0.5, 0.6) is 11.5 Å². The summed E-state index contributed by atoms with van der Waals surface area (Å²) in [5.74, 6) is -5.53. The van der Waals surface area contributed by atoms with E-state index < -0.39 is 59.3 Å². The molecule has 316 valence electrons. The van der Waals surface area contributed by atoms with Crippen LogP contribution in [0.4, 0.5) is 5.13 Å². The molecule has 16 nitrogen and oxygen atoms in total. The van der Waals surface area contributed by atoms with Crippen molar-refractivity contribution in [3.05, 3.63) is 154 Å². The highest BCUT2D eigenvalue weighted by Gasteiger charge is 2.54. The first kappa shape index (κ1) is 42.8. The highest BCUT2D eigenvalue weighted by Crippen LogP contribution is 2.42. The number of carboxylic acid groups (broad SMARTS) is 1. The van der Waals surface area contributed by atoms with Crippen LogP contribution in [-0.2, 0) is 39.1 Å². The van der Waals surface area contributed by atoms with Crippen LogP contribution in [0.1, 0.15) is 46.6 Å². The highest BCUT2D eigenvalue weighted by molar-refractivity contribution is 8.00. The normalized spacial score (nSPS) is 16.0. The molecule has 0 saturated carbocycles. The summed E-state index contributed by atoms with van der Waals surface area (Å²) in [6, 6.07) is 32.2. The van der Waals surface area contributed by atoms with Crippen molar-refractivity contribution in [2.45, 2.75) is 30.8 Å². The van der Waals surface area contributed by atoms with Crippen LogP contribution in [0.3, 0.4) is 0 Å². The van der Waals surface area contributed by atoms with Crippen LogP contribution in [-0.4, -0.2) is 87.3 Å². The van der Waals surface area contributed by atoms with E-state index in [0.717, 1.165) is 53.3 Å². The largest absolute Gasteiger partial charge is 0.477 e. The molecule has 3 heterocycles. The van der Waals surface area contributed by atoms with Crippen LogP contribution in [0.25, 0.3) is 0 Å². The molecule has 0 radical (unpaired) electrons. The Balaban J connectivity index is 1.07. The lowest BCUT2D eigenvalue weighted by Gasteiger charge is -2.49. The van der Waals surface area contributed by atoms with Gasteiger partial charge in [-0.05, 0) is 34.9 Å². The summed E-state index contributed by atoms with van der Waals surface area (Å²) in [4.78, 5) is 87.0. The zero-order valence-electron chi connectivity index (χ0n) is 33.2. The number of carbonyl (C=O) groups excluding carboxylic acids is 5. The average molecular weight is 876 g/mol. The second-order valence-electron chi connectivity index (χ2n) is 13.7. The first-order valence-corrected chi connectivity index (χ1v) is 20.7. The molecular formula is C44H37N5O11S2. The van der Waals surface area contributed by atoms with E-state index in [-0.39, 0.29) is 45.5 Å². The maximum atomic E-state index is 13.9. The Morgan fingerprint density at radius 1 is 0.855 bits per heavy atom. The number of aliphatic carboxylic acids is 1. The Labute approximate surface area is 362 Å². The lowest BCUT2D eigenvalue weighted by molar-refractivity contribution is -0.150. The standard InChI is InChI=1S/C44H37N5O11S2/c1-25(50)59-33-20-19-27(21-34(33)60-26(2)51)42(56)58-22-28-23-61-40-36(39(53)49(40)37(28)41(54)55)46-38(52)35(48-57-3)32-24-62-43(45-32)47-44(29-13-7-4-8-14-29,30-15-9-5-10-16-30)31-17-11-6-12-18-31/h4-21,24,36,40H,22-23H2,1-3H3,(H,45,47)(H,46,52)(H,54,55)/t36-,40-/m1/s1. The Bertz CT molecular complexity index is 2500. The number of anilines is 1. The molecule has 0 unspecified atom stereocenters. The molecule has 0 bridgehead atoms. The summed E-state index contributed by atoms with van der Waals surface area (Å²) >= 11 is 2.40. The van der Waals surface area contributed by atoms with Gasteiger partial charge in [0.2, 0.25) is 0 Å². The third-order valence-electron chi connectivity index (χ3n) is 9.66. The number of nitrogens with zero attached hydrogens (tertiary/aromatic N) is 3. The fourth-order valence-electron chi connectivity index (χ4n) is 7.03. The first-order chi connectivity index (χ1) is 29.9. The van der Waals surface area contributed by atoms with Gasteiger partial charge in [0.1, 0.15) is 42.1 Å². The van der Waals surface area contributed by atoms with Gasteiger partial charge in [0.15, 0.2) is 22.3 Å². The number of carbonyl (C=O) groups is 6. The molecule has 18 heteroatoms. The van der Waals surface area contributed by atoms with Crippen LogP contribution in [0.15, 0.2) is 131 Å². The van der Waals surface area contributed by atoms with Crippen molar-refractivity contribution in [1.82, 2.24) is 15.2 Å². The van der Waals surface area contributed by atoms with Crippen molar-refractivity contribution in [1.29, 1.82) is 0 Å². The lowest BCUT2D eigenvalue weighted by atomic mass is 9.77. The number of aromatic nitrogens is 1. The third kappa shape index (κ3) is 8.77. The number of β-lactam (4-membered cyclic amide) rings is 1. The number of thiazole rings is 1. The number of hydrogen-bond donors (Lipinski definition) is 3. The minimum Gasteiger partial charge on any atom is -0.477 e. The van der Waals surface area contributed by atoms with Crippen LogP contribution >= 0.6 is 23.1 Å². The molecule has 1 fully saturated rings. The zero-order valence-corrected chi connectivity index (χ0v) is 34.9. The molecule has 2 aliphatic heterocycles. The van der Waals surface area contributed by atoms with Gasteiger partial charge in [-0.2, -0.15) is 0 Å². The molecule has 7 rings (SSSR count). The maximum absolute atomic E-state index is 13.9. The minimum atomic E-state index is -1.44. The molecule has 1 saturated heterocycles. The quantitative estimate of drug-likeness (QED) is 0.0303. The molecular weight excluding hydrogens is 839 g/mol. The topological polar surface area (TPSA) is 212 Å². The van der Waals surface area contributed by atoms with E-state index in [9.17, 15) is 33.9 Å². The Morgan fingerprint density at radius 2 is 1.44 bits per heavy atom. The van der Waals surface area contributed by atoms with Crippen molar-refractivity contribution in [2.24, 2.45) is 5.16 Å². The van der Waals surface area contributed by atoms with Gasteiger partial charge < -0.3 is 34.8 Å². The van der Waals surface area contributed by atoms with Gasteiger partial charge >= 0.3 is 23.9 Å². The van der Waals surface area contributed by atoms with E-state index >= 15 is 0 Å². The van der Waals surface area contributed by atoms with E-state index in [1.165, 1.54) is 30.6 Å². The molecule has 0 aliphatic carbocycles. The number of oxime groups is 1. The van der Waals surface area contributed by atoms with Gasteiger partial charge in [-0.25, -0.2) is 14.6 Å². The van der Waals surface area contributed by atoms with E-state index in [4.69, 9.17) is 24.0 Å². The second-order valence-corrected chi connectivity index (χ2v) is 15.6. The summed E-state index contributed by atoms with van der Waals surface area (Å²) in [6.45, 7) is 1.78. The average Bonchev–Trinajstić information content (AvgIpc) is 3.74. The summed E-state index contributed by atoms with van der Waals surface area (Å²) < 4.78 is 15.5. The van der Waals surface area contributed by atoms with E-state index in [1.54, 1.807) is 5.38 Å². The van der Waals surface area contributed by atoms with Gasteiger partial charge in [0, 0.05) is 30.6 Å². The van der Waals surface area contributed by atoms with Crippen LogP contribution in [0.2, 0.25) is 0 Å². The number of rotatable bonds is 15. The van der Waals surface area contributed by atoms with Crippen molar-refractivity contribution < 1.29 is 52.9 Å². The van der Waals surface area contributed by atoms with Gasteiger partial charge in [-0.1, -0.05) is 96.2 Å². The van der Waals surface area contributed by atoms with Gasteiger partial charge in [0.05, 0.1) is 5.56 Å². The van der Waals surface area contributed by atoms with Gasteiger partial charge in [-0.15, -0.1) is 23.1 Å². The second kappa shape index (κ2) is 18.5. The molecule has 2 amide bonds. The molecule has 2 atom stereocenters. The number of thioether (sulfide) groups is 1. The fraction of sp³-hybridized carbons (Fsp3) is 0.182.